The number of ether oxygens (including phenoxy) is 3. The highest BCUT2D eigenvalue weighted by Gasteiger charge is 2.26. The monoisotopic (exact) mass is 422 g/mol. The lowest BCUT2D eigenvalue weighted by atomic mass is 10.2. The van der Waals surface area contributed by atoms with Crippen LogP contribution in [0.4, 0.5) is 13.2 Å². The first-order valence-electron chi connectivity index (χ1n) is 9.23. The summed E-state index contributed by atoms with van der Waals surface area (Å²) in [6, 6.07) is 12.4. The number of halogens is 3. The second-order valence-electron chi connectivity index (χ2n) is 6.14. The van der Waals surface area contributed by atoms with Crippen LogP contribution < -0.4 is 9.47 Å². The lowest BCUT2D eigenvalue weighted by Crippen LogP contribution is -2.10. The molecule has 8 heteroatoms. The molecule has 0 fully saturated rings. The van der Waals surface area contributed by atoms with Crippen LogP contribution in [0.15, 0.2) is 54.6 Å². The van der Waals surface area contributed by atoms with E-state index in [0.717, 1.165) is 5.56 Å². The summed E-state index contributed by atoms with van der Waals surface area (Å²) in [5.41, 5.74) is 0.999. The Morgan fingerprint density at radius 2 is 1.60 bits per heavy atom. The Bertz CT molecular complexity index is 856. The van der Waals surface area contributed by atoms with Crippen LogP contribution in [0, 0.1) is 0 Å². The molecule has 2 aromatic carbocycles. The molecule has 0 bridgehead atoms. The lowest BCUT2D eigenvalue weighted by Gasteiger charge is -2.09. The Morgan fingerprint density at radius 1 is 0.967 bits per heavy atom. The Morgan fingerprint density at radius 3 is 2.20 bits per heavy atom. The molecular formula is C22H21F3O5. The standard InChI is InChI=1S/C22H21F3O5/c1-2-28-20(26)13-6-16-4-9-19(10-5-16)30-21(27)17-7-11-18(12-8-17)29-15-3-14-22(23,24)25/h4-13H,2-3,14-15H2,1H3/b13-6+. The van der Waals surface area contributed by atoms with Crippen LogP contribution in [0.3, 0.4) is 0 Å². The highest BCUT2D eigenvalue weighted by Crippen LogP contribution is 2.22. The lowest BCUT2D eigenvalue weighted by molar-refractivity contribution is -0.137. The molecule has 0 unspecified atom stereocenters. The molecule has 5 nitrogen and oxygen atoms in total. The number of rotatable bonds is 9. The molecule has 0 atom stereocenters. The third kappa shape index (κ3) is 8.38. The van der Waals surface area contributed by atoms with Gasteiger partial charge in [0.1, 0.15) is 11.5 Å². The van der Waals surface area contributed by atoms with Gasteiger partial charge in [-0.05, 0) is 61.4 Å². The van der Waals surface area contributed by atoms with Gasteiger partial charge in [-0.1, -0.05) is 12.1 Å². The number of alkyl halides is 3. The normalized spacial score (nSPS) is 11.3. The number of benzene rings is 2. The van der Waals surface area contributed by atoms with Crippen molar-refractivity contribution in [2.24, 2.45) is 0 Å². The molecule has 0 amide bonds. The zero-order chi connectivity index (χ0) is 22.0. The smallest absolute Gasteiger partial charge is 0.389 e. The second kappa shape index (κ2) is 11.0. The first-order chi connectivity index (χ1) is 14.3. The number of carbonyl (C=O) groups excluding carboxylic acids is 2. The average molecular weight is 422 g/mol. The Kier molecular flexibility index (Phi) is 8.46. The second-order valence-corrected chi connectivity index (χ2v) is 6.14. The van der Waals surface area contributed by atoms with E-state index in [-0.39, 0.29) is 18.6 Å². The molecule has 2 rings (SSSR count). The molecule has 0 aliphatic heterocycles. The summed E-state index contributed by atoms with van der Waals surface area (Å²) < 4.78 is 51.6. The van der Waals surface area contributed by atoms with Gasteiger partial charge in [0.15, 0.2) is 0 Å². The highest BCUT2D eigenvalue weighted by atomic mass is 19.4. The van der Waals surface area contributed by atoms with E-state index < -0.39 is 24.5 Å². The Hall–Kier alpha value is -3.29. The number of hydrogen-bond acceptors (Lipinski definition) is 5. The zero-order valence-corrected chi connectivity index (χ0v) is 16.3. The first kappa shape index (κ1) is 23.0. The van der Waals surface area contributed by atoms with Crippen molar-refractivity contribution in [2.45, 2.75) is 25.9 Å². The van der Waals surface area contributed by atoms with Crippen molar-refractivity contribution in [3.8, 4) is 11.5 Å². The summed E-state index contributed by atoms with van der Waals surface area (Å²) in [6.07, 6.45) is -2.37. The van der Waals surface area contributed by atoms with Crippen LogP contribution in [0.5, 0.6) is 11.5 Å². The van der Waals surface area contributed by atoms with E-state index in [1.807, 2.05) is 0 Å². The van der Waals surface area contributed by atoms with Crippen molar-refractivity contribution < 1.29 is 37.0 Å². The molecule has 0 aliphatic carbocycles. The van der Waals surface area contributed by atoms with E-state index in [0.29, 0.717) is 18.1 Å². The van der Waals surface area contributed by atoms with Gasteiger partial charge in [-0.2, -0.15) is 13.2 Å². The molecule has 0 saturated carbocycles. The van der Waals surface area contributed by atoms with Gasteiger partial charge in [-0.15, -0.1) is 0 Å². The molecule has 0 aliphatic rings. The Labute approximate surface area is 172 Å². The van der Waals surface area contributed by atoms with E-state index in [2.05, 4.69) is 0 Å². The third-order valence-corrected chi connectivity index (χ3v) is 3.75. The summed E-state index contributed by atoms with van der Waals surface area (Å²) in [7, 11) is 0. The van der Waals surface area contributed by atoms with Gasteiger partial charge in [-0.3, -0.25) is 0 Å². The van der Waals surface area contributed by atoms with Crippen LogP contribution in [0.25, 0.3) is 6.08 Å². The minimum absolute atomic E-state index is 0.0692. The van der Waals surface area contributed by atoms with E-state index in [9.17, 15) is 22.8 Å². The maximum Gasteiger partial charge on any atom is 0.389 e. The average Bonchev–Trinajstić information content (AvgIpc) is 2.71. The topological polar surface area (TPSA) is 61.8 Å². The minimum Gasteiger partial charge on any atom is -0.494 e. The fourth-order valence-corrected chi connectivity index (χ4v) is 2.32. The summed E-state index contributed by atoms with van der Waals surface area (Å²) in [6.45, 7) is 1.94. The van der Waals surface area contributed by atoms with Crippen LogP contribution in [0.2, 0.25) is 0 Å². The summed E-state index contributed by atoms with van der Waals surface area (Å²) >= 11 is 0. The van der Waals surface area contributed by atoms with Gasteiger partial charge in [0.25, 0.3) is 0 Å². The predicted molar refractivity (Wildman–Crippen MR) is 104 cm³/mol. The zero-order valence-electron chi connectivity index (χ0n) is 16.3. The van der Waals surface area contributed by atoms with Crippen molar-refractivity contribution in [2.75, 3.05) is 13.2 Å². The number of hydrogen-bond donors (Lipinski definition) is 0. The van der Waals surface area contributed by atoms with Crippen molar-refractivity contribution in [3.05, 3.63) is 65.7 Å². The van der Waals surface area contributed by atoms with Gasteiger partial charge >= 0.3 is 18.1 Å². The molecule has 160 valence electrons. The van der Waals surface area contributed by atoms with Crippen LogP contribution in [-0.4, -0.2) is 31.3 Å². The van der Waals surface area contributed by atoms with Gasteiger partial charge in [0.05, 0.1) is 18.8 Å². The number of carbonyl (C=O) groups is 2. The molecule has 2 aromatic rings. The van der Waals surface area contributed by atoms with E-state index >= 15 is 0 Å². The molecule has 0 radical (unpaired) electrons. The summed E-state index contributed by atoms with van der Waals surface area (Å²) in [5.74, 6) is -0.346. The Balaban J connectivity index is 1.84. The molecule has 0 N–H and O–H groups in total. The fourth-order valence-electron chi connectivity index (χ4n) is 2.32. The van der Waals surface area contributed by atoms with Gasteiger partial charge in [0.2, 0.25) is 0 Å². The largest absolute Gasteiger partial charge is 0.494 e. The van der Waals surface area contributed by atoms with E-state index in [1.54, 1.807) is 37.3 Å². The number of esters is 2. The SMILES string of the molecule is CCOC(=O)/C=C/c1ccc(OC(=O)c2ccc(OCCCC(F)(F)F)cc2)cc1. The predicted octanol–water partition coefficient (Wildman–Crippen LogP) is 5.20. The third-order valence-electron chi connectivity index (χ3n) is 3.75. The van der Waals surface area contributed by atoms with Crippen molar-refractivity contribution >= 4 is 18.0 Å². The maximum atomic E-state index is 12.2. The maximum absolute atomic E-state index is 12.2. The molecule has 0 saturated heterocycles. The first-order valence-corrected chi connectivity index (χ1v) is 9.23. The van der Waals surface area contributed by atoms with Crippen molar-refractivity contribution in [1.29, 1.82) is 0 Å². The van der Waals surface area contributed by atoms with Crippen molar-refractivity contribution in [1.82, 2.24) is 0 Å². The minimum atomic E-state index is -4.20. The quantitative estimate of drug-likeness (QED) is 0.240. The van der Waals surface area contributed by atoms with E-state index in [4.69, 9.17) is 14.2 Å². The molecule has 0 heterocycles. The van der Waals surface area contributed by atoms with Crippen LogP contribution in [0.1, 0.15) is 35.7 Å². The summed E-state index contributed by atoms with van der Waals surface area (Å²) in [4.78, 5) is 23.5. The van der Waals surface area contributed by atoms with Crippen molar-refractivity contribution in [3.63, 3.8) is 0 Å². The summed E-state index contributed by atoms with van der Waals surface area (Å²) in [5, 5.41) is 0. The molecule has 0 spiro atoms. The molecule has 0 aromatic heterocycles. The molecular weight excluding hydrogens is 401 g/mol. The van der Waals surface area contributed by atoms with Crippen LogP contribution >= 0.6 is 0 Å². The fraction of sp³-hybridized carbons (Fsp3) is 0.273. The molecule has 30 heavy (non-hydrogen) atoms. The van der Waals surface area contributed by atoms with Gasteiger partial charge in [-0.25, -0.2) is 9.59 Å². The van der Waals surface area contributed by atoms with Crippen LogP contribution in [-0.2, 0) is 9.53 Å². The van der Waals surface area contributed by atoms with E-state index in [1.165, 1.54) is 30.3 Å². The van der Waals surface area contributed by atoms with Gasteiger partial charge in [0, 0.05) is 12.5 Å². The van der Waals surface area contributed by atoms with Gasteiger partial charge < -0.3 is 14.2 Å². The highest BCUT2D eigenvalue weighted by molar-refractivity contribution is 5.91.